The van der Waals surface area contributed by atoms with Gasteiger partial charge in [-0.05, 0) is 25.2 Å². The fourth-order valence-electron chi connectivity index (χ4n) is 3.81. The number of ketones is 1. The Morgan fingerprint density at radius 3 is 2.21 bits per heavy atom. The minimum Gasteiger partial charge on any atom is -0.368 e. The summed E-state index contributed by atoms with van der Waals surface area (Å²) in [5.41, 5.74) is 0. The lowest BCUT2D eigenvalue weighted by atomic mass is 9.94. The van der Waals surface area contributed by atoms with Gasteiger partial charge < -0.3 is 25.4 Å². The molecule has 28 heavy (non-hydrogen) atoms. The molecule has 0 radical (unpaired) electrons. The predicted molar refractivity (Wildman–Crippen MR) is 98.2 cm³/mol. The number of hydrogen-bond acceptors (Lipinski definition) is 6. The van der Waals surface area contributed by atoms with E-state index in [-0.39, 0.29) is 24.8 Å². The number of carbonyl (C=O) groups is 4. The maximum Gasteiger partial charge on any atom is 0.249 e. The Kier molecular flexibility index (Phi) is 7.38. The van der Waals surface area contributed by atoms with Crippen LogP contribution < -0.4 is 16.0 Å². The third-order valence-electron chi connectivity index (χ3n) is 5.46. The summed E-state index contributed by atoms with van der Waals surface area (Å²) in [7, 11) is 0. The van der Waals surface area contributed by atoms with Gasteiger partial charge in [-0.2, -0.15) is 0 Å². The van der Waals surface area contributed by atoms with E-state index in [1.165, 1.54) is 0 Å². The van der Waals surface area contributed by atoms with Crippen molar-refractivity contribution in [2.24, 2.45) is 5.92 Å². The lowest BCUT2D eigenvalue weighted by Crippen LogP contribution is -2.49. The number of epoxide rings is 1. The van der Waals surface area contributed by atoms with Crippen LogP contribution in [0.5, 0.6) is 0 Å². The van der Waals surface area contributed by atoms with E-state index in [0.29, 0.717) is 32.0 Å². The molecule has 2 saturated heterocycles. The van der Waals surface area contributed by atoms with E-state index in [1.54, 1.807) is 0 Å². The highest BCUT2D eigenvalue weighted by Gasteiger charge is 2.38. The average molecular weight is 395 g/mol. The van der Waals surface area contributed by atoms with Gasteiger partial charge in [-0.1, -0.05) is 25.7 Å². The fraction of sp³-hybridized carbons (Fsp3) is 0.789. The Morgan fingerprint density at radius 2 is 1.57 bits per heavy atom. The molecular formula is C19H29N3O6. The van der Waals surface area contributed by atoms with Crippen molar-refractivity contribution in [1.29, 1.82) is 0 Å². The molecule has 1 unspecified atom stereocenters. The molecule has 3 rings (SSSR count). The van der Waals surface area contributed by atoms with Crippen LogP contribution in [0.25, 0.3) is 0 Å². The summed E-state index contributed by atoms with van der Waals surface area (Å²) in [6, 6.07) is -0.570. The molecule has 9 nitrogen and oxygen atoms in total. The molecule has 2 heterocycles. The number of amides is 3. The van der Waals surface area contributed by atoms with Gasteiger partial charge in [0, 0.05) is 6.61 Å². The first-order chi connectivity index (χ1) is 13.5. The smallest absolute Gasteiger partial charge is 0.249 e. The fourth-order valence-corrected chi connectivity index (χ4v) is 3.81. The molecule has 3 N–H and O–H groups in total. The van der Waals surface area contributed by atoms with Gasteiger partial charge in [0.15, 0.2) is 5.78 Å². The zero-order chi connectivity index (χ0) is 19.9. The van der Waals surface area contributed by atoms with Crippen molar-refractivity contribution < 1.29 is 28.7 Å². The van der Waals surface area contributed by atoms with Crippen molar-refractivity contribution >= 4 is 23.5 Å². The van der Waals surface area contributed by atoms with Crippen molar-refractivity contribution in [3.63, 3.8) is 0 Å². The third-order valence-corrected chi connectivity index (χ3v) is 5.46. The van der Waals surface area contributed by atoms with Crippen LogP contribution in [0.1, 0.15) is 44.9 Å². The summed E-state index contributed by atoms with van der Waals surface area (Å²) in [5, 5.41) is 7.70. The largest absolute Gasteiger partial charge is 0.368 e. The van der Waals surface area contributed by atoms with Gasteiger partial charge in [0.2, 0.25) is 17.7 Å². The van der Waals surface area contributed by atoms with E-state index >= 15 is 0 Å². The molecule has 156 valence electrons. The molecule has 9 heteroatoms. The second kappa shape index (κ2) is 9.97. The molecule has 3 amide bonds. The van der Waals surface area contributed by atoms with Crippen LogP contribution in [0.2, 0.25) is 0 Å². The van der Waals surface area contributed by atoms with Crippen molar-refractivity contribution in [3.8, 4) is 0 Å². The normalized spacial score (nSPS) is 25.1. The summed E-state index contributed by atoms with van der Waals surface area (Å²) in [4.78, 5) is 48.2. The molecule has 0 aromatic rings. The van der Waals surface area contributed by atoms with Gasteiger partial charge in [-0.3, -0.25) is 19.2 Å². The number of rotatable bonds is 10. The highest BCUT2D eigenvalue weighted by atomic mass is 16.6. The summed E-state index contributed by atoms with van der Waals surface area (Å²) in [6.45, 7) is 0.509. The van der Waals surface area contributed by atoms with Crippen LogP contribution in [0, 0.1) is 5.92 Å². The van der Waals surface area contributed by atoms with E-state index in [1.807, 2.05) is 0 Å². The van der Waals surface area contributed by atoms with E-state index in [9.17, 15) is 19.2 Å². The van der Waals surface area contributed by atoms with Crippen LogP contribution >= 0.6 is 0 Å². The maximum absolute atomic E-state index is 12.4. The number of hydrogen-bond donors (Lipinski definition) is 3. The first-order valence-corrected chi connectivity index (χ1v) is 10.1. The van der Waals surface area contributed by atoms with Crippen molar-refractivity contribution in [2.75, 3.05) is 26.3 Å². The molecule has 3 aliphatic rings. The van der Waals surface area contributed by atoms with E-state index in [2.05, 4.69) is 16.0 Å². The molecule has 1 aliphatic carbocycles. The SMILES string of the molecule is O=C(CNC(=O)[C@H]1CCCO1)NCC(=O)N[C@@H](CC1CCCC1)C(=O)C1CO1. The molecule has 0 spiro atoms. The Bertz CT molecular complexity index is 594. The monoisotopic (exact) mass is 395 g/mol. The maximum atomic E-state index is 12.4. The lowest BCUT2D eigenvalue weighted by Gasteiger charge is -2.20. The molecule has 1 saturated carbocycles. The topological polar surface area (TPSA) is 126 Å². The van der Waals surface area contributed by atoms with Gasteiger partial charge in [0.25, 0.3) is 0 Å². The molecular weight excluding hydrogens is 366 g/mol. The van der Waals surface area contributed by atoms with Crippen molar-refractivity contribution in [2.45, 2.75) is 63.2 Å². The number of Topliss-reactive ketones (excluding diaryl/α,β-unsaturated/α-hetero) is 1. The van der Waals surface area contributed by atoms with Crippen LogP contribution in [0.15, 0.2) is 0 Å². The van der Waals surface area contributed by atoms with Gasteiger partial charge in [0.1, 0.15) is 12.2 Å². The lowest BCUT2D eigenvalue weighted by molar-refractivity contribution is -0.133. The van der Waals surface area contributed by atoms with E-state index in [0.717, 1.165) is 32.1 Å². The molecule has 3 fully saturated rings. The van der Waals surface area contributed by atoms with Gasteiger partial charge in [-0.15, -0.1) is 0 Å². The van der Waals surface area contributed by atoms with Crippen LogP contribution in [0.3, 0.4) is 0 Å². The molecule has 0 aromatic heterocycles. The Labute approximate surface area is 164 Å². The minimum atomic E-state index is -0.570. The summed E-state index contributed by atoms with van der Waals surface area (Å²) in [6.07, 6.45) is 5.67. The number of ether oxygens (including phenoxy) is 2. The van der Waals surface area contributed by atoms with Crippen LogP contribution in [-0.2, 0) is 28.7 Å². The van der Waals surface area contributed by atoms with E-state index in [4.69, 9.17) is 9.47 Å². The molecule has 0 aromatic carbocycles. The summed E-state index contributed by atoms with van der Waals surface area (Å²) < 4.78 is 10.3. The highest BCUT2D eigenvalue weighted by molar-refractivity contribution is 5.94. The quantitative estimate of drug-likeness (QED) is 0.425. The second-order valence-electron chi connectivity index (χ2n) is 7.73. The van der Waals surface area contributed by atoms with Gasteiger partial charge >= 0.3 is 0 Å². The highest BCUT2D eigenvalue weighted by Crippen LogP contribution is 2.29. The average Bonchev–Trinajstić information content (AvgIpc) is 3.15. The van der Waals surface area contributed by atoms with Crippen LogP contribution in [-0.4, -0.2) is 68.1 Å². The Balaban J connectivity index is 1.37. The summed E-state index contributed by atoms with van der Waals surface area (Å²) >= 11 is 0. The van der Waals surface area contributed by atoms with E-state index < -0.39 is 30.1 Å². The zero-order valence-corrected chi connectivity index (χ0v) is 16.0. The first kappa shape index (κ1) is 20.7. The van der Waals surface area contributed by atoms with Crippen molar-refractivity contribution in [1.82, 2.24) is 16.0 Å². The molecule has 0 bridgehead atoms. The summed E-state index contributed by atoms with van der Waals surface area (Å²) in [5.74, 6) is -0.851. The standard InChI is InChI=1S/C19H29N3O6/c23-16(9-21-19(26)14-6-3-7-27-14)20-10-17(24)22-13(18(25)15-11-28-15)8-12-4-1-2-5-12/h12-15H,1-11H2,(H,20,23)(H,21,26)(H,22,24)/t13-,14+,15?/m0/s1. The molecule has 2 aliphatic heterocycles. The number of carbonyl (C=O) groups excluding carboxylic acids is 4. The van der Waals surface area contributed by atoms with Gasteiger partial charge in [-0.25, -0.2) is 0 Å². The minimum absolute atomic E-state index is 0.0876. The second-order valence-corrected chi connectivity index (χ2v) is 7.73. The predicted octanol–water partition coefficient (Wildman–Crippen LogP) is -0.569. The van der Waals surface area contributed by atoms with Gasteiger partial charge in [0.05, 0.1) is 25.7 Å². The molecule has 3 atom stereocenters. The number of nitrogens with one attached hydrogen (secondary N) is 3. The first-order valence-electron chi connectivity index (χ1n) is 10.1. The van der Waals surface area contributed by atoms with Crippen LogP contribution in [0.4, 0.5) is 0 Å². The Morgan fingerprint density at radius 1 is 0.857 bits per heavy atom. The Hall–Kier alpha value is -2.00. The van der Waals surface area contributed by atoms with Crippen molar-refractivity contribution in [3.05, 3.63) is 0 Å². The third kappa shape index (κ3) is 6.27. The zero-order valence-electron chi connectivity index (χ0n) is 16.0.